The summed E-state index contributed by atoms with van der Waals surface area (Å²) in [5.74, 6) is 0.874. The smallest absolute Gasteiger partial charge is 0.121 e. The highest BCUT2D eigenvalue weighted by Gasteiger charge is 2.05. The molecule has 1 aromatic heterocycles. The Morgan fingerprint density at radius 1 is 1.44 bits per heavy atom. The van der Waals surface area contributed by atoms with Crippen LogP contribution in [0.2, 0.25) is 0 Å². The summed E-state index contributed by atoms with van der Waals surface area (Å²) in [7, 11) is 0. The van der Waals surface area contributed by atoms with E-state index in [9.17, 15) is 0 Å². The van der Waals surface area contributed by atoms with Gasteiger partial charge in [-0.15, -0.1) is 0 Å². The van der Waals surface area contributed by atoms with Gasteiger partial charge in [0.05, 0.1) is 23.8 Å². The predicted octanol–water partition coefficient (Wildman–Crippen LogP) is 2.51. The van der Waals surface area contributed by atoms with E-state index in [1.165, 1.54) is 0 Å². The summed E-state index contributed by atoms with van der Waals surface area (Å²) < 4.78 is 7.79. The van der Waals surface area contributed by atoms with Crippen molar-refractivity contribution in [1.82, 2.24) is 9.55 Å². The molecule has 0 spiro atoms. The SMILES string of the molecule is CCC(C)Oc1cccc(-n2cncc2CN)c1. The lowest BCUT2D eigenvalue weighted by molar-refractivity contribution is 0.217. The number of hydrogen-bond acceptors (Lipinski definition) is 3. The third-order valence-corrected chi connectivity index (χ3v) is 2.93. The molecule has 1 heterocycles. The largest absolute Gasteiger partial charge is 0.491 e. The molecule has 1 aromatic carbocycles. The number of aromatic nitrogens is 2. The van der Waals surface area contributed by atoms with Crippen molar-refractivity contribution in [3.63, 3.8) is 0 Å². The van der Waals surface area contributed by atoms with Gasteiger partial charge in [-0.2, -0.15) is 0 Å². The van der Waals surface area contributed by atoms with E-state index >= 15 is 0 Å². The number of benzene rings is 1. The van der Waals surface area contributed by atoms with E-state index in [1.54, 1.807) is 12.5 Å². The summed E-state index contributed by atoms with van der Waals surface area (Å²) in [5, 5.41) is 0. The topological polar surface area (TPSA) is 53.1 Å². The molecule has 0 aliphatic heterocycles. The van der Waals surface area contributed by atoms with Crippen molar-refractivity contribution in [2.45, 2.75) is 32.9 Å². The lowest BCUT2D eigenvalue weighted by atomic mass is 10.2. The number of rotatable bonds is 5. The maximum atomic E-state index is 5.81. The first kappa shape index (κ1) is 12.6. The quantitative estimate of drug-likeness (QED) is 0.880. The molecule has 1 atom stereocenters. The van der Waals surface area contributed by atoms with Crippen molar-refractivity contribution in [3.8, 4) is 11.4 Å². The van der Waals surface area contributed by atoms with Crippen molar-refractivity contribution < 1.29 is 4.74 Å². The number of ether oxygens (including phenoxy) is 1. The molecular weight excluding hydrogens is 226 g/mol. The minimum absolute atomic E-state index is 0.219. The van der Waals surface area contributed by atoms with E-state index in [-0.39, 0.29) is 6.10 Å². The van der Waals surface area contributed by atoms with Crippen molar-refractivity contribution in [1.29, 1.82) is 0 Å². The molecule has 0 saturated heterocycles. The zero-order chi connectivity index (χ0) is 13.0. The minimum Gasteiger partial charge on any atom is -0.491 e. The Labute approximate surface area is 107 Å². The summed E-state index contributed by atoms with van der Waals surface area (Å²) in [5.41, 5.74) is 7.68. The van der Waals surface area contributed by atoms with Gasteiger partial charge in [0.1, 0.15) is 5.75 Å². The Morgan fingerprint density at radius 2 is 2.28 bits per heavy atom. The Bertz CT molecular complexity index is 507. The van der Waals surface area contributed by atoms with Crippen LogP contribution in [0.4, 0.5) is 0 Å². The van der Waals surface area contributed by atoms with Gasteiger partial charge >= 0.3 is 0 Å². The average molecular weight is 245 g/mol. The fourth-order valence-corrected chi connectivity index (χ4v) is 1.73. The van der Waals surface area contributed by atoms with Crippen LogP contribution in [0.5, 0.6) is 5.75 Å². The Kier molecular flexibility index (Phi) is 3.99. The van der Waals surface area contributed by atoms with Gasteiger partial charge in [0, 0.05) is 18.8 Å². The lowest BCUT2D eigenvalue weighted by Crippen LogP contribution is -2.10. The molecule has 0 aliphatic rings. The third kappa shape index (κ3) is 2.71. The molecule has 2 rings (SSSR count). The van der Waals surface area contributed by atoms with Gasteiger partial charge in [-0.25, -0.2) is 4.98 Å². The van der Waals surface area contributed by atoms with Crippen LogP contribution in [0.1, 0.15) is 26.0 Å². The average Bonchev–Trinajstić information content (AvgIpc) is 2.87. The second-order valence-electron chi connectivity index (χ2n) is 4.29. The Balaban J connectivity index is 2.27. The van der Waals surface area contributed by atoms with Gasteiger partial charge < -0.3 is 15.0 Å². The highest BCUT2D eigenvalue weighted by molar-refractivity contribution is 5.40. The molecule has 0 amide bonds. The Morgan fingerprint density at radius 3 is 3.00 bits per heavy atom. The standard InChI is InChI=1S/C14H19N3O/c1-3-11(2)18-14-6-4-5-12(7-14)17-10-16-9-13(17)8-15/h4-7,9-11H,3,8,15H2,1-2H3. The van der Waals surface area contributed by atoms with Crippen molar-refractivity contribution in [3.05, 3.63) is 42.5 Å². The van der Waals surface area contributed by atoms with Crippen molar-refractivity contribution in [2.75, 3.05) is 0 Å². The zero-order valence-corrected chi connectivity index (χ0v) is 10.8. The molecule has 0 aliphatic carbocycles. The van der Waals surface area contributed by atoms with Gasteiger partial charge in [0.25, 0.3) is 0 Å². The molecule has 2 N–H and O–H groups in total. The second-order valence-corrected chi connectivity index (χ2v) is 4.29. The van der Waals surface area contributed by atoms with Crippen LogP contribution in [0, 0.1) is 0 Å². The summed E-state index contributed by atoms with van der Waals surface area (Å²) in [6.07, 6.45) is 4.76. The summed E-state index contributed by atoms with van der Waals surface area (Å²) in [6.45, 7) is 4.64. The highest BCUT2D eigenvalue weighted by atomic mass is 16.5. The third-order valence-electron chi connectivity index (χ3n) is 2.93. The van der Waals surface area contributed by atoms with Crippen LogP contribution < -0.4 is 10.5 Å². The van der Waals surface area contributed by atoms with Gasteiger partial charge in [-0.05, 0) is 25.5 Å². The number of nitrogens with zero attached hydrogens (tertiary/aromatic N) is 2. The van der Waals surface area contributed by atoms with Gasteiger partial charge in [-0.1, -0.05) is 13.0 Å². The molecular formula is C14H19N3O. The maximum absolute atomic E-state index is 5.81. The molecule has 0 bridgehead atoms. The maximum Gasteiger partial charge on any atom is 0.121 e. The lowest BCUT2D eigenvalue weighted by Gasteiger charge is -2.14. The van der Waals surface area contributed by atoms with Crippen LogP contribution in [0.15, 0.2) is 36.8 Å². The second kappa shape index (κ2) is 5.69. The van der Waals surface area contributed by atoms with Crippen molar-refractivity contribution in [2.24, 2.45) is 5.73 Å². The van der Waals surface area contributed by atoms with E-state index in [0.29, 0.717) is 6.54 Å². The molecule has 96 valence electrons. The van der Waals surface area contributed by atoms with Crippen molar-refractivity contribution >= 4 is 0 Å². The fourth-order valence-electron chi connectivity index (χ4n) is 1.73. The zero-order valence-electron chi connectivity index (χ0n) is 10.8. The van der Waals surface area contributed by atoms with Gasteiger partial charge in [0.2, 0.25) is 0 Å². The summed E-state index contributed by atoms with van der Waals surface area (Å²) in [6, 6.07) is 7.97. The van der Waals surface area contributed by atoms with Crippen LogP contribution in [-0.2, 0) is 6.54 Å². The number of hydrogen-bond donors (Lipinski definition) is 1. The normalized spacial score (nSPS) is 12.4. The molecule has 1 unspecified atom stereocenters. The molecule has 0 radical (unpaired) electrons. The first-order valence-corrected chi connectivity index (χ1v) is 6.23. The number of nitrogens with two attached hydrogens (primary N) is 1. The van der Waals surface area contributed by atoms with Crippen LogP contribution in [-0.4, -0.2) is 15.7 Å². The van der Waals surface area contributed by atoms with Crippen LogP contribution >= 0.6 is 0 Å². The first-order chi connectivity index (χ1) is 8.74. The molecule has 0 fully saturated rings. The summed E-state index contributed by atoms with van der Waals surface area (Å²) in [4.78, 5) is 4.12. The van der Waals surface area contributed by atoms with Gasteiger partial charge in [0.15, 0.2) is 0 Å². The molecule has 4 heteroatoms. The first-order valence-electron chi connectivity index (χ1n) is 6.23. The fraction of sp³-hybridized carbons (Fsp3) is 0.357. The predicted molar refractivity (Wildman–Crippen MR) is 71.8 cm³/mol. The molecule has 18 heavy (non-hydrogen) atoms. The van der Waals surface area contributed by atoms with Crippen LogP contribution in [0.25, 0.3) is 5.69 Å². The summed E-state index contributed by atoms with van der Waals surface area (Å²) >= 11 is 0. The highest BCUT2D eigenvalue weighted by Crippen LogP contribution is 2.19. The molecule has 4 nitrogen and oxygen atoms in total. The minimum atomic E-state index is 0.219. The van der Waals surface area contributed by atoms with E-state index in [4.69, 9.17) is 10.5 Å². The van der Waals surface area contributed by atoms with Gasteiger partial charge in [-0.3, -0.25) is 0 Å². The van der Waals surface area contributed by atoms with E-state index in [2.05, 4.69) is 18.8 Å². The van der Waals surface area contributed by atoms with E-state index in [1.807, 2.05) is 28.8 Å². The molecule has 2 aromatic rings. The van der Waals surface area contributed by atoms with Crippen LogP contribution in [0.3, 0.4) is 0 Å². The monoisotopic (exact) mass is 245 g/mol. The van der Waals surface area contributed by atoms with E-state index < -0.39 is 0 Å². The van der Waals surface area contributed by atoms with E-state index in [0.717, 1.165) is 23.6 Å². The molecule has 0 saturated carbocycles. The Hall–Kier alpha value is -1.81. The number of imidazole rings is 1.